The van der Waals surface area contributed by atoms with Crippen LogP contribution in [-0.2, 0) is 11.0 Å². The van der Waals surface area contributed by atoms with Gasteiger partial charge in [-0.05, 0) is 25.7 Å². The molecule has 2 fully saturated rings. The first-order chi connectivity index (χ1) is 10.4. The van der Waals surface area contributed by atoms with Gasteiger partial charge >= 0.3 is 6.18 Å². The second-order valence-electron chi connectivity index (χ2n) is 6.21. The van der Waals surface area contributed by atoms with Gasteiger partial charge in [0, 0.05) is 24.5 Å². The second-order valence-corrected chi connectivity index (χ2v) is 6.21. The van der Waals surface area contributed by atoms with Crippen molar-refractivity contribution in [1.29, 1.82) is 0 Å². The van der Waals surface area contributed by atoms with Crippen LogP contribution in [0.2, 0.25) is 0 Å². The van der Waals surface area contributed by atoms with Crippen molar-refractivity contribution in [3.05, 3.63) is 18.1 Å². The number of nitrogens with one attached hydrogen (secondary N) is 1. The Morgan fingerprint density at radius 3 is 2.41 bits per heavy atom. The fraction of sp³-hybridized carbons (Fsp3) is 0.643. The number of rotatable bonds is 3. The molecule has 3 rings (SSSR count). The van der Waals surface area contributed by atoms with Crippen molar-refractivity contribution < 1.29 is 18.0 Å². The lowest BCUT2D eigenvalue weighted by Crippen LogP contribution is -2.57. The lowest BCUT2D eigenvalue weighted by Gasteiger charge is -2.52. The van der Waals surface area contributed by atoms with E-state index in [-0.39, 0.29) is 11.5 Å². The molecule has 1 aliphatic carbocycles. The van der Waals surface area contributed by atoms with Gasteiger partial charge in [0.25, 0.3) is 0 Å². The topological polar surface area (TPSA) is 58.1 Å². The lowest BCUT2D eigenvalue weighted by atomic mass is 9.67. The summed E-state index contributed by atoms with van der Waals surface area (Å²) in [5.41, 5.74) is -0.727. The molecule has 1 spiro atoms. The number of likely N-dealkylation sites (tertiary alicyclic amines) is 1. The summed E-state index contributed by atoms with van der Waals surface area (Å²) in [6.45, 7) is 1.65. The first-order valence-corrected chi connectivity index (χ1v) is 7.25. The molecular weight excluding hydrogens is 297 g/mol. The van der Waals surface area contributed by atoms with E-state index in [1.54, 1.807) is 4.90 Å². The Bertz CT molecular complexity index is 530. The molecule has 1 aromatic rings. The molecule has 5 nitrogen and oxygen atoms in total. The minimum Gasteiger partial charge on any atom is -0.366 e. The number of hydrogen-bond donors (Lipinski definition) is 1. The SMILES string of the molecule is O=CN1CC2(CCC(Nc3cnc(C(F)(F)F)cn3)CC2)C1. The molecule has 1 saturated heterocycles. The van der Waals surface area contributed by atoms with Gasteiger partial charge in [-0.25, -0.2) is 9.97 Å². The zero-order valence-corrected chi connectivity index (χ0v) is 11.9. The molecular formula is C14H17F3N4O. The maximum absolute atomic E-state index is 12.4. The molecule has 0 unspecified atom stereocenters. The van der Waals surface area contributed by atoms with Gasteiger partial charge in [0.2, 0.25) is 6.41 Å². The number of carbonyl (C=O) groups excluding carboxylic acids is 1. The lowest BCUT2D eigenvalue weighted by molar-refractivity contribution is -0.141. The zero-order valence-electron chi connectivity index (χ0n) is 11.9. The minimum absolute atomic E-state index is 0.196. The Hall–Kier alpha value is -1.86. The molecule has 1 aromatic heterocycles. The van der Waals surface area contributed by atoms with E-state index in [9.17, 15) is 18.0 Å². The average molecular weight is 314 g/mol. The molecule has 22 heavy (non-hydrogen) atoms. The molecule has 2 heterocycles. The Balaban J connectivity index is 1.52. The minimum atomic E-state index is -4.46. The van der Waals surface area contributed by atoms with Gasteiger partial charge in [-0.1, -0.05) is 0 Å². The van der Waals surface area contributed by atoms with Gasteiger partial charge in [0.15, 0.2) is 5.69 Å². The molecule has 0 radical (unpaired) electrons. The molecule has 0 atom stereocenters. The van der Waals surface area contributed by atoms with Crippen LogP contribution in [0.3, 0.4) is 0 Å². The fourth-order valence-corrected chi connectivity index (χ4v) is 3.34. The summed E-state index contributed by atoms with van der Waals surface area (Å²) in [5, 5.41) is 3.15. The van der Waals surface area contributed by atoms with Crippen LogP contribution in [-0.4, -0.2) is 40.4 Å². The Morgan fingerprint density at radius 2 is 1.91 bits per heavy atom. The highest BCUT2D eigenvalue weighted by molar-refractivity contribution is 5.49. The number of amides is 1. The number of nitrogens with zero attached hydrogens (tertiary/aromatic N) is 3. The van der Waals surface area contributed by atoms with Crippen LogP contribution in [0, 0.1) is 5.41 Å². The molecule has 8 heteroatoms. The number of carbonyl (C=O) groups is 1. The molecule has 1 amide bonds. The maximum atomic E-state index is 12.4. The number of hydrogen-bond acceptors (Lipinski definition) is 4. The summed E-state index contributed by atoms with van der Waals surface area (Å²) >= 11 is 0. The zero-order chi connectivity index (χ0) is 15.8. The third-order valence-electron chi connectivity index (χ3n) is 4.57. The van der Waals surface area contributed by atoms with Crippen LogP contribution in [0.4, 0.5) is 19.0 Å². The number of anilines is 1. The van der Waals surface area contributed by atoms with Gasteiger partial charge in [-0.3, -0.25) is 4.79 Å². The Labute approximate surface area is 125 Å². The molecule has 0 bridgehead atoms. The van der Waals surface area contributed by atoms with Gasteiger partial charge in [-0.15, -0.1) is 0 Å². The maximum Gasteiger partial charge on any atom is 0.434 e. The van der Waals surface area contributed by atoms with Crippen LogP contribution in [0.25, 0.3) is 0 Å². The summed E-state index contributed by atoms with van der Waals surface area (Å²) in [6.07, 6.45) is 2.19. The van der Waals surface area contributed by atoms with E-state index in [0.29, 0.717) is 5.82 Å². The molecule has 0 aromatic carbocycles. The van der Waals surface area contributed by atoms with Crippen molar-refractivity contribution in [2.24, 2.45) is 5.41 Å². The predicted octanol–water partition coefficient (Wildman–Crippen LogP) is 2.31. The van der Waals surface area contributed by atoms with Crippen LogP contribution in [0.1, 0.15) is 31.4 Å². The average Bonchev–Trinajstić information content (AvgIpc) is 2.45. The van der Waals surface area contributed by atoms with Gasteiger partial charge in [-0.2, -0.15) is 13.2 Å². The van der Waals surface area contributed by atoms with Crippen molar-refractivity contribution in [1.82, 2.24) is 14.9 Å². The first kappa shape index (κ1) is 15.1. The van der Waals surface area contributed by atoms with Crippen molar-refractivity contribution >= 4 is 12.2 Å². The molecule has 2 aliphatic rings. The predicted molar refractivity (Wildman–Crippen MR) is 73.0 cm³/mol. The molecule has 1 aliphatic heterocycles. The summed E-state index contributed by atoms with van der Waals surface area (Å²) in [6, 6.07) is 0.196. The molecule has 120 valence electrons. The Kier molecular flexibility index (Phi) is 3.70. The van der Waals surface area contributed by atoms with Gasteiger partial charge in [0.1, 0.15) is 5.82 Å². The number of halogens is 3. The second kappa shape index (κ2) is 5.40. The summed E-state index contributed by atoms with van der Waals surface area (Å²) < 4.78 is 37.3. The number of alkyl halides is 3. The van der Waals surface area contributed by atoms with Crippen LogP contribution in [0.15, 0.2) is 12.4 Å². The van der Waals surface area contributed by atoms with Crippen LogP contribution in [0.5, 0.6) is 0 Å². The van der Waals surface area contributed by atoms with Crippen molar-refractivity contribution in [3.63, 3.8) is 0 Å². The summed E-state index contributed by atoms with van der Waals surface area (Å²) in [7, 11) is 0. The van der Waals surface area contributed by atoms with E-state index in [1.807, 2.05) is 0 Å². The van der Waals surface area contributed by atoms with E-state index in [0.717, 1.165) is 57.6 Å². The number of aromatic nitrogens is 2. The van der Waals surface area contributed by atoms with E-state index in [4.69, 9.17) is 0 Å². The highest BCUT2D eigenvalue weighted by Crippen LogP contribution is 2.43. The standard InChI is InChI=1S/C14H17F3N4O/c15-14(16,17)11-5-19-12(6-18-11)20-10-1-3-13(4-2-10)7-21(8-13)9-22/h5-6,9-10H,1-4,7-8H2,(H,19,20). The van der Waals surface area contributed by atoms with Crippen LogP contribution < -0.4 is 5.32 Å². The van der Waals surface area contributed by atoms with Gasteiger partial charge < -0.3 is 10.2 Å². The molecule has 1 saturated carbocycles. The quantitative estimate of drug-likeness (QED) is 0.870. The van der Waals surface area contributed by atoms with Crippen molar-refractivity contribution in [3.8, 4) is 0 Å². The fourth-order valence-electron chi connectivity index (χ4n) is 3.34. The highest BCUT2D eigenvalue weighted by atomic mass is 19.4. The van der Waals surface area contributed by atoms with E-state index in [1.165, 1.54) is 0 Å². The largest absolute Gasteiger partial charge is 0.434 e. The van der Waals surface area contributed by atoms with Crippen molar-refractivity contribution in [2.75, 3.05) is 18.4 Å². The van der Waals surface area contributed by atoms with E-state index < -0.39 is 11.9 Å². The van der Waals surface area contributed by atoms with Crippen molar-refractivity contribution in [2.45, 2.75) is 37.9 Å². The first-order valence-electron chi connectivity index (χ1n) is 7.25. The Morgan fingerprint density at radius 1 is 1.23 bits per heavy atom. The van der Waals surface area contributed by atoms with Gasteiger partial charge in [0.05, 0.1) is 12.4 Å². The smallest absolute Gasteiger partial charge is 0.366 e. The van der Waals surface area contributed by atoms with Crippen LogP contribution >= 0.6 is 0 Å². The highest BCUT2D eigenvalue weighted by Gasteiger charge is 2.44. The van der Waals surface area contributed by atoms with E-state index in [2.05, 4.69) is 15.3 Å². The summed E-state index contributed by atoms with van der Waals surface area (Å²) in [4.78, 5) is 19.6. The third kappa shape index (κ3) is 3.00. The van der Waals surface area contributed by atoms with E-state index >= 15 is 0 Å². The third-order valence-corrected chi connectivity index (χ3v) is 4.57. The normalized spacial score (nSPS) is 21.5. The summed E-state index contributed by atoms with van der Waals surface area (Å²) in [5.74, 6) is 0.372. The molecule has 1 N–H and O–H groups in total. The monoisotopic (exact) mass is 314 g/mol.